The van der Waals surface area contributed by atoms with E-state index in [0.29, 0.717) is 12.8 Å². The van der Waals surface area contributed by atoms with Crippen molar-refractivity contribution < 1.29 is 63.9 Å². The number of allylic oxidation sites excluding steroid dienone is 3. The molecule has 0 spiro atoms. The van der Waals surface area contributed by atoms with Crippen LogP contribution in [0.1, 0.15) is 219 Å². The van der Waals surface area contributed by atoms with Gasteiger partial charge < -0.3 is 30.1 Å². The Balaban J connectivity index is 2.56. The summed E-state index contributed by atoms with van der Waals surface area (Å²) in [6.45, 7) is 2.93. The number of nitrogens with one attached hydrogen (secondary N) is 1. The predicted octanol–water partition coefficient (Wildman–Crippen LogP) is 9.94. The standard InChI is InChI=1S/C48H91NO14S2/c1-3-5-7-9-11-13-15-17-18-19-20-21-22-23-24-26-28-30-32-34-36-38-44(51)49-41(42(50)37-35-33-31-29-27-25-16-14-12-10-8-6-4-2)39-60-48-46(53)45(52)47(63-65(57,58)59)43(62-48)40-61-64(54,55)56/h17-18,35,37,41-43,45-48,50,52-53H,3-16,19-34,36,38-40H2,1-2H3,(H,49,51)(H,54,55,56)(H,57,58,59)/b18-17-,37-35+/t41-,42+,43+,45+,46+,47-,48+/m0/s1. The van der Waals surface area contributed by atoms with Crippen molar-refractivity contribution in [3.8, 4) is 0 Å². The summed E-state index contributed by atoms with van der Waals surface area (Å²) >= 11 is 0. The van der Waals surface area contributed by atoms with E-state index >= 15 is 0 Å². The molecule has 0 aliphatic carbocycles. The van der Waals surface area contributed by atoms with Crippen LogP contribution in [-0.2, 0) is 43.4 Å². The lowest BCUT2D eigenvalue weighted by Crippen LogP contribution is -2.61. The van der Waals surface area contributed by atoms with Crippen LogP contribution in [0, 0.1) is 0 Å². The third kappa shape index (κ3) is 35.3. The number of rotatable bonds is 44. The fourth-order valence-electron chi connectivity index (χ4n) is 8.01. The van der Waals surface area contributed by atoms with Crippen LogP contribution in [0.15, 0.2) is 24.3 Å². The topological polar surface area (TPSA) is 235 Å². The van der Waals surface area contributed by atoms with Crippen molar-refractivity contribution in [2.75, 3.05) is 13.2 Å². The van der Waals surface area contributed by atoms with E-state index in [9.17, 15) is 41.5 Å². The first-order chi connectivity index (χ1) is 31.2. The molecule has 1 amide bonds. The van der Waals surface area contributed by atoms with Gasteiger partial charge in [-0.15, -0.1) is 0 Å². The molecule has 0 unspecified atom stereocenters. The summed E-state index contributed by atoms with van der Waals surface area (Å²) in [7, 11) is -10.3. The third-order valence-electron chi connectivity index (χ3n) is 11.9. The van der Waals surface area contributed by atoms with Gasteiger partial charge in [-0.1, -0.05) is 192 Å². The Labute approximate surface area is 394 Å². The number of carbonyl (C=O) groups excluding carboxylic acids is 1. The molecule has 7 atom stereocenters. The van der Waals surface area contributed by atoms with Gasteiger partial charge in [-0.25, -0.2) is 8.37 Å². The maximum absolute atomic E-state index is 13.1. The van der Waals surface area contributed by atoms with Crippen LogP contribution in [0.25, 0.3) is 0 Å². The lowest BCUT2D eigenvalue weighted by molar-refractivity contribution is -0.297. The van der Waals surface area contributed by atoms with Crippen LogP contribution in [0.2, 0.25) is 0 Å². The summed E-state index contributed by atoms with van der Waals surface area (Å²) < 4.78 is 83.4. The third-order valence-corrected chi connectivity index (χ3v) is 12.8. The minimum atomic E-state index is -5.24. The minimum absolute atomic E-state index is 0.213. The predicted molar refractivity (Wildman–Crippen MR) is 256 cm³/mol. The molecule has 1 aliphatic heterocycles. The van der Waals surface area contributed by atoms with Crippen molar-refractivity contribution in [1.29, 1.82) is 0 Å². The molecule has 384 valence electrons. The molecule has 1 fully saturated rings. The van der Waals surface area contributed by atoms with Crippen LogP contribution >= 0.6 is 0 Å². The van der Waals surface area contributed by atoms with E-state index in [1.54, 1.807) is 6.08 Å². The molecule has 0 radical (unpaired) electrons. The second kappa shape index (κ2) is 39.3. The highest BCUT2D eigenvalue weighted by molar-refractivity contribution is 7.81. The van der Waals surface area contributed by atoms with E-state index in [0.717, 1.165) is 38.5 Å². The first-order valence-electron chi connectivity index (χ1n) is 25.4. The maximum Gasteiger partial charge on any atom is 0.397 e. The highest BCUT2D eigenvalue weighted by Gasteiger charge is 2.48. The molecule has 0 aromatic heterocycles. The number of hydrogen-bond donors (Lipinski definition) is 6. The van der Waals surface area contributed by atoms with E-state index in [1.807, 2.05) is 6.08 Å². The molecular weight excluding hydrogens is 879 g/mol. The molecule has 0 aromatic carbocycles. The second-order valence-electron chi connectivity index (χ2n) is 17.9. The lowest BCUT2D eigenvalue weighted by Gasteiger charge is -2.41. The van der Waals surface area contributed by atoms with E-state index in [-0.39, 0.29) is 12.3 Å². The number of carbonyl (C=O) groups is 1. The smallest absolute Gasteiger partial charge is 0.387 e. The fraction of sp³-hybridized carbons (Fsp3) is 0.896. The van der Waals surface area contributed by atoms with Crippen LogP contribution in [-0.4, -0.2) is 103 Å². The van der Waals surface area contributed by atoms with Crippen molar-refractivity contribution in [2.24, 2.45) is 0 Å². The van der Waals surface area contributed by atoms with Gasteiger partial charge in [0.2, 0.25) is 5.91 Å². The Bertz CT molecular complexity index is 1430. The average Bonchev–Trinajstić information content (AvgIpc) is 3.25. The van der Waals surface area contributed by atoms with Gasteiger partial charge in [0.05, 0.1) is 25.4 Å². The van der Waals surface area contributed by atoms with E-state index in [2.05, 4.69) is 39.7 Å². The van der Waals surface area contributed by atoms with Crippen LogP contribution < -0.4 is 5.32 Å². The lowest BCUT2D eigenvalue weighted by atomic mass is 9.99. The fourth-order valence-corrected chi connectivity index (χ4v) is 8.83. The Morgan fingerprint density at radius 2 is 1.02 bits per heavy atom. The molecule has 0 aromatic rings. The minimum Gasteiger partial charge on any atom is -0.387 e. The van der Waals surface area contributed by atoms with Crippen molar-refractivity contribution in [3.05, 3.63) is 24.3 Å². The molecular formula is C48H91NO14S2. The van der Waals surface area contributed by atoms with Gasteiger partial charge in [-0.05, 0) is 44.9 Å². The van der Waals surface area contributed by atoms with E-state index in [4.69, 9.17) is 14.0 Å². The summed E-state index contributed by atoms with van der Waals surface area (Å²) in [6.07, 6.45) is 34.2. The molecule has 1 aliphatic rings. The number of unbranched alkanes of at least 4 members (excludes halogenated alkanes) is 28. The zero-order valence-corrected chi connectivity index (χ0v) is 41.8. The Hall–Kier alpha value is -1.51. The van der Waals surface area contributed by atoms with Crippen molar-refractivity contribution in [3.63, 3.8) is 0 Å². The van der Waals surface area contributed by atoms with Crippen molar-refractivity contribution in [2.45, 2.75) is 262 Å². The number of aliphatic hydroxyl groups is 3. The molecule has 0 saturated carbocycles. The summed E-state index contributed by atoms with van der Waals surface area (Å²) in [5.41, 5.74) is 0. The SMILES string of the molecule is CCCCCCCC/C=C\CCCCCCCCCCCCCC(=O)N[C@@H](CO[C@@H]1O[C@H](COS(=O)(=O)O)[C@H](OS(=O)(=O)O)[C@H](O)[C@H]1O)[C@H](O)/C=C/CCCCCCCCCCCCC. The van der Waals surface area contributed by atoms with Gasteiger partial charge in [-0.2, -0.15) is 16.8 Å². The summed E-state index contributed by atoms with van der Waals surface area (Å²) in [5, 5.41) is 35.3. The monoisotopic (exact) mass is 970 g/mol. The number of hydrogen-bond acceptors (Lipinski definition) is 12. The molecule has 15 nitrogen and oxygen atoms in total. The van der Waals surface area contributed by atoms with Crippen LogP contribution in [0.3, 0.4) is 0 Å². The number of amides is 1. The van der Waals surface area contributed by atoms with Crippen LogP contribution in [0.5, 0.6) is 0 Å². The first kappa shape index (κ1) is 61.5. The van der Waals surface area contributed by atoms with Gasteiger partial charge in [0.1, 0.15) is 24.4 Å². The normalized spacial score (nSPS) is 20.5. The molecule has 65 heavy (non-hydrogen) atoms. The van der Waals surface area contributed by atoms with E-state index < -0.39 is 76.9 Å². The second-order valence-corrected chi connectivity index (χ2v) is 20.1. The summed E-state index contributed by atoms with van der Waals surface area (Å²) in [4.78, 5) is 13.1. The van der Waals surface area contributed by atoms with Gasteiger partial charge in [-0.3, -0.25) is 13.9 Å². The van der Waals surface area contributed by atoms with Crippen molar-refractivity contribution >= 4 is 26.7 Å². The van der Waals surface area contributed by atoms with Gasteiger partial charge in [0.25, 0.3) is 0 Å². The quantitative estimate of drug-likeness (QED) is 0.0189. The molecule has 6 N–H and O–H groups in total. The van der Waals surface area contributed by atoms with Crippen LogP contribution in [0.4, 0.5) is 0 Å². The summed E-state index contributed by atoms with van der Waals surface area (Å²) in [6, 6.07) is -1.03. The van der Waals surface area contributed by atoms with Crippen molar-refractivity contribution in [1.82, 2.24) is 5.32 Å². The molecule has 17 heteroatoms. The van der Waals surface area contributed by atoms with E-state index in [1.165, 1.54) is 148 Å². The molecule has 1 rings (SSSR count). The van der Waals surface area contributed by atoms with Gasteiger partial charge in [0, 0.05) is 6.42 Å². The Morgan fingerprint density at radius 3 is 1.45 bits per heavy atom. The number of aliphatic hydroxyl groups excluding tert-OH is 3. The highest BCUT2D eigenvalue weighted by Crippen LogP contribution is 2.27. The molecule has 0 bridgehead atoms. The highest BCUT2D eigenvalue weighted by atomic mass is 32.3. The number of ether oxygens (including phenoxy) is 2. The largest absolute Gasteiger partial charge is 0.397 e. The van der Waals surface area contributed by atoms with Gasteiger partial charge in [0.15, 0.2) is 6.29 Å². The molecule has 1 heterocycles. The average molecular weight is 970 g/mol. The molecule has 1 saturated heterocycles. The zero-order chi connectivity index (χ0) is 48.0. The Kier molecular flexibility index (Phi) is 37.2. The zero-order valence-electron chi connectivity index (χ0n) is 40.1. The Morgan fingerprint density at radius 1 is 0.600 bits per heavy atom. The maximum atomic E-state index is 13.1. The van der Waals surface area contributed by atoms with Gasteiger partial charge >= 0.3 is 20.8 Å². The summed E-state index contributed by atoms with van der Waals surface area (Å²) in [5.74, 6) is -0.323. The first-order valence-corrected chi connectivity index (χ1v) is 28.1.